The number of hydrogen-bond acceptors (Lipinski definition) is 4. The molecule has 0 saturated carbocycles. The molecule has 1 fully saturated rings. The van der Waals surface area contributed by atoms with Crippen LogP contribution in [0.2, 0.25) is 0 Å². The molecule has 172 valence electrons. The van der Waals surface area contributed by atoms with Crippen LogP contribution in [0.15, 0.2) is 48.5 Å². The van der Waals surface area contributed by atoms with E-state index in [-0.39, 0.29) is 17.3 Å². The standard InChI is InChI=1S/C23H26F3N3O3/c1-2-10-28-11-13-29(14-12-28)22(31)19-8-3-4-9-20(19)32-16-21(30)27-18-7-5-6-17(15-18)23(24,25)26/h3-9,15H,2,10-14,16H2,1H3,(H,27,30). The van der Waals surface area contributed by atoms with Crippen molar-refractivity contribution in [1.29, 1.82) is 0 Å². The van der Waals surface area contributed by atoms with Gasteiger partial charge in [-0.15, -0.1) is 0 Å². The second-order valence-electron chi connectivity index (χ2n) is 7.55. The van der Waals surface area contributed by atoms with Crippen LogP contribution in [-0.4, -0.2) is 60.9 Å². The number of anilines is 1. The van der Waals surface area contributed by atoms with Crippen molar-refractivity contribution in [3.05, 3.63) is 59.7 Å². The SMILES string of the molecule is CCCN1CCN(C(=O)c2ccccc2OCC(=O)Nc2cccc(C(F)(F)F)c2)CC1. The number of carbonyl (C=O) groups excluding carboxylic acids is 2. The zero-order valence-electron chi connectivity index (χ0n) is 17.8. The first kappa shape index (κ1) is 23.6. The van der Waals surface area contributed by atoms with Gasteiger partial charge in [0.1, 0.15) is 5.75 Å². The summed E-state index contributed by atoms with van der Waals surface area (Å²) in [6, 6.07) is 11.0. The summed E-state index contributed by atoms with van der Waals surface area (Å²) < 4.78 is 44.0. The monoisotopic (exact) mass is 449 g/mol. The van der Waals surface area contributed by atoms with Gasteiger partial charge in [-0.25, -0.2) is 0 Å². The molecule has 0 bridgehead atoms. The third-order valence-electron chi connectivity index (χ3n) is 5.15. The molecule has 2 aromatic carbocycles. The zero-order valence-corrected chi connectivity index (χ0v) is 17.8. The van der Waals surface area contributed by atoms with E-state index in [2.05, 4.69) is 17.1 Å². The van der Waals surface area contributed by atoms with E-state index in [1.807, 2.05) is 0 Å². The number of hydrogen-bond donors (Lipinski definition) is 1. The lowest BCUT2D eigenvalue weighted by Gasteiger charge is -2.34. The smallest absolute Gasteiger partial charge is 0.416 e. The molecule has 9 heteroatoms. The molecule has 0 atom stereocenters. The van der Waals surface area contributed by atoms with Gasteiger partial charge in [0.15, 0.2) is 6.61 Å². The van der Waals surface area contributed by atoms with Crippen molar-refractivity contribution in [1.82, 2.24) is 9.80 Å². The van der Waals surface area contributed by atoms with Gasteiger partial charge in [0.25, 0.3) is 11.8 Å². The van der Waals surface area contributed by atoms with E-state index in [0.29, 0.717) is 18.7 Å². The largest absolute Gasteiger partial charge is 0.483 e. The molecule has 2 amide bonds. The van der Waals surface area contributed by atoms with Crippen LogP contribution in [0, 0.1) is 0 Å². The van der Waals surface area contributed by atoms with E-state index in [1.54, 1.807) is 29.2 Å². The van der Waals surface area contributed by atoms with Crippen molar-refractivity contribution in [2.45, 2.75) is 19.5 Å². The third kappa shape index (κ3) is 6.23. The highest BCUT2D eigenvalue weighted by atomic mass is 19.4. The average Bonchev–Trinajstić information content (AvgIpc) is 2.78. The summed E-state index contributed by atoms with van der Waals surface area (Å²) in [5, 5.41) is 2.39. The molecule has 1 heterocycles. The molecule has 1 N–H and O–H groups in total. The van der Waals surface area contributed by atoms with Crippen molar-refractivity contribution in [2.75, 3.05) is 44.6 Å². The van der Waals surface area contributed by atoms with Crippen LogP contribution in [0.25, 0.3) is 0 Å². The second kappa shape index (κ2) is 10.5. The maximum atomic E-state index is 13.0. The number of rotatable bonds is 7. The number of nitrogens with one attached hydrogen (secondary N) is 1. The lowest BCUT2D eigenvalue weighted by molar-refractivity contribution is -0.137. The highest BCUT2D eigenvalue weighted by molar-refractivity contribution is 5.97. The van der Waals surface area contributed by atoms with E-state index < -0.39 is 24.3 Å². The van der Waals surface area contributed by atoms with E-state index in [9.17, 15) is 22.8 Å². The normalized spacial score (nSPS) is 14.8. The van der Waals surface area contributed by atoms with E-state index >= 15 is 0 Å². The topological polar surface area (TPSA) is 61.9 Å². The maximum absolute atomic E-state index is 13.0. The molecular weight excluding hydrogens is 423 g/mol. The number of nitrogens with zero attached hydrogens (tertiary/aromatic N) is 2. The fourth-order valence-electron chi connectivity index (χ4n) is 3.54. The van der Waals surface area contributed by atoms with Gasteiger partial charge in [-0.3, -0.25) is 14.5 Å². The van der Waals surface area contributed by atoms with Crippen molar-refractivity contribution >= 4 is 17.5 Å². The van der Waals surface area contributed by atoms with Crippen LogP contribution >= 0.6 is 0 Å². The van der Waals surface area contributed by atoms with Crippen LogP contribution in [-0.2, 0) is 11.0 Å². The Morgan fingerprint density at radius 2 is 1.75 bits per heavy atom. The number of halogens is 3. The van der Waals surface area contributed by atoms with Crippen LogP contribution < -0.4 is 10.1 Å². The van der Waals surface area contributed by atoms with Crippen molar-refractivity contribution in [3.8, 4) is 5.75 Å². The maximum Gasteiger partial charge on any atom is 0.416 e. The molecular formula is C23H26F3N3O3. The van der Waals surface area contributed by atoms with Gasteiger partial charge >= 0.3 is 6.18 Å². The van der Waals surface area contributed by atoms with Crippen molar-refractivity contribution < 1.29 is 27.5 Å². The molecule has 0 spiro atoms. The first-order chi connectivity index (χ1) is 15.3. The van der Waals surface area contributed by atoms with Gasteiger partial charge in [-0.2, -0.15) is 13.2 Å². The Morgan fingerprint density at radius 1 is 1.03 bits per heavy atom. The van der Waals surface area contributed by atoms with Crippen LogP contribution in [0.5, 0.6) is 5.75 Å². The number of benzene rings is 2. The summed E-state index contributed by atoms with van der Waals surface area (Å²) in [7, 11) is 0. The van der Waals surface area contributed by atoms with Crippen LogP contribution in [0.4, 0.5) is 18.9 Å². The first-order valence-corrected chi connectivity index (χ1v) is 10.5. The Hall–Kier alpha value is -3.07. The first-order valence-electron chi connectivity index (χ1n) is 10.5. The Labute approximate surface area is 184 Å². The molecule has 3 rings (SSSR count). The zero-order chi connectivity index (χ0) is 23.1. The van der Waals surface area contributed by atoms with Crippen LogP contribution in [0.1, 0.15) is 29.3 Å². The van der Waals surface area contributed by atoms with E-state index in [0.717, 1.165) is 38.2 Å². The van der Waals surface area contributed by atoms with Crippen molar-refractivity contribution in [2.24, 2.45) is 0 Å². The summed E-state index contributed by atoms with van der Waals surface area (Å²) in [4.78, 5) is 29.3. The van der Waals surface area contributed by atoms with Gasteiger partial charge in [0, 0.05) is 31.9 Å². The molecule has 32 heavy (non-hydrogen) atoms. The molecule has 1 saturated heterocycles. The summed E-state index contributed by atoms with van der Waals surface area (Å²) in [6.07, 6.45) is -3.44. The highest BCUT2D eigenvalue weighted by Gasteiger charge is 2.30. The second-order valence-corrected chi connectivity index (χ2v) is 7.55. The lowest BCUT2D eigenvalue weighted by Crippen LogP contribution is -2.48. The Kier molecular flexibility index (Phi) is 7.74. The number of alkyl halides is 3. The number of carbonyl (C=O) groups is 2. The van der Waals surface area contributed by atoms with Crippen LogP contribution in [0.3, 0.4) is 0 Å². The van der Waals surface area contributed by atoms with Crippen molar-refractivity contribution in [3.63, 3.8) is 0 Å². The predicted molar refractivity (Wildman–Crippen MR) is 115 cm³/mol. The summed E-state index contributed by atoms with van der Waals surface area (Å²) in [5.41, 5.74) is -0.489. The molecule has 2 aromatic rings. The Bertz CT molecular complexity index is 941. The van der Waals surface area contributed by atoms with E-state index in [1.165, 1.54) is 12.1 Å². The molecule has 6 nitrogen and oxygen atoms in total. The summed E-state index contributed by atoms with van der Waals surface area (Å²) in [5.74, 6) is -0.539. The number of para-hydroxylation sites is 1. The quantitative estimate of drug-likeness (QED) is 0.697. The number of amides is 2. The molecule has 0 aromatic heterocycles. The minimum atomic E-state index is -4.50. The van der Waals surface area contributed by atoms with Gasteiger partial charge in [-0.1, -0.05) is 25.1 Å². The third-order valence-corrected chi connectivity index (χ3v) is 5.15. The summed E-state index contributed by atoms with van der Waals surface area (Å²) >= 11 is 0. The summed E-state index contributed by atoms with van der Waals surface area (Å²) in [6.45, 7) is 5.53. The fraction of sp³-hybridized carbons (Fsp3) is 0.391. The molecule has 1 aliphatic rings. The highest BCUT2D eigenvalue weighted by Crippen LogP contribution is 2.30. The number of piperazine rings is 1. The number of ether oxygens (including phenoxy) is 1. The predicted octanol–water partition coefficient (Wildman–Crippen LogP) is 3.89. The molecule has 0 unspecified atom stereocenters. The molecule has 1 aliphatic heterocycles. The minimum absolute atomic E-state index is 0.0164. The van der Waals surface area contributed by atoms with Gasteiger partial charge in [0.05, 0.1) is 11.1 Å². The van der Waals surface area contributed by atoms with Gasteiger partial charge in [-0.05, 0) is 43.3 Å². The minimum Gasteiger partial charge on any atom is -0.483 e. The molecule has 0 aliphatic carbocycles. The van der Waals surface area contributed by atoms with Gasteiger partial charge in [0.2, 0.25) is 0 Å². The Morgan fingerprint density at radius 3 is 2.44 bits per heavy atom. The lowest BCUT2D eigenvalue weighted by atomic mass is 10.1. The fourth-order valence-corrected chi connectivity index (χ4v) is 3.54. The Balaban J connectivity index is 1.59. The average molecular weight is 449 g/mol. The van der Waals surface area contributed by atoms with E-state index in [4.69, 9.17) is 4.74 Å². The molecule has 0 radical (unpaired) electrons. The van der Waals surface area contributed by atoms with Gasteiger partial charge < -0.3 is 15.0 Å².